The standard InChI is InChI=1S/C11H15NO3/c1-8-7-15-9(2)6-12(8)11(13)10-4-3-5-14-10/h3-5,8-9H,6-7H2,1-2H3/t8-,9+/m0/s1. The predicted octanol–water partition coefficient (Wildman–Crippen LogP) is 1.53. The molecule has 1 aromatic heterocycles. The molecule has 0 unspecified atom stereocenters. The zero-order chi connectivity index (χ0) is 10.8. The molecule has 1 aliphatic heterocycles. The molecule has 15 heavy (non-hydrogen) atoms. The van der Waals surface area contributed by atoms with Crippen molar-refractivity contribution in [1.29, 1.82) is 0 Å². The van der Waals surface area contributed by atoms with Crippen molar-refractivity contribution in [2.75, 3.05) is 13.2 Å². The summed E-state index contributed by atoms with van der Waals surface area (Å²) >= 11 is 0. The van der Waals surface area contributed by atoms with Crippen molar-refractivity contribution in [2.45, 2.75) is 26.0 Å². The third-order valence-electron chi connectivity index (χ3n) is 2.60. The number of hydrogen-bond acceptors (Lipinski definition) is 3. The maximum absolute atomic E-state index is 12.0. The Hall–Kier alpha value is -1.29. The highest BCUT2D eigenvalue weighted by atomic mass is 16.5. The fraction of sp³-hybridized carbons (Fsp3) is 0.545. The molecule has 4 nitrogen and oxygen atoms in total. The van der Waals surface area contributed by atoms with Crippen LogP contribution in [-0.4, -0.2) is 36.1 Å². The van der Waals surface area contributed by atoms with Crippen LogP contribution in [0, 0.1) is 0 Å². The number of nitrogens with zero attached hydrogens (tertiary/aromatic N) is 1. The van der Waals surface area contributed by atoms with Crippen LogP contribution in [0.1, 0.15) is 24.4 Å². The number of rotatable bonds is 1. The first-order valence-electron chi connectivity index (χ1n) is 5.14. The monoisotopic (exact) mass is 209 g/mol. The van der Waals surface area contributed by atoms with Gasteiger partial charge in [0.1, 0.15) is 0 Å². The fourth-order valence-corrected chi connectivity index (χ4v) is 1.73. The van der Waals surface area contributed by atoms with Gasteiger partial charge in [-0.05, 0) is 26.0 Å². The molecule has 1 amide bonds. The van der Waals surface area contributed by atoms with Crippen LogP contribution in [0.5, 0.6) is 0 Å². The Kier molecular flexibility index (Phi) is 2.77. The predicted molar refractivity (Wildman–Crippen MR) is 54.6 cm³/mol. The van der Waals surface area contributed by atoms with Gasteiger partial charge in [0, 0.05) is 6.54 Å². The Labute approximate surface area is 88.8 Å². The van der Waals surface area contributed by atoms with Gasteiger partial charge in [0.15, 0.2) is 5.76 Å². The average molecular weight is 209 g/mol. The van der Waals surface area contributed by atoms with Gasteiger partial charge in [-0.3, -0.25) is 4.79 Å². The number of amides is 1. The van der Waals surface area contributed by atoms with Crippen molar-refractivity contribution in [1.82, 2.24) is 4.90 Å². The second-order valence-electron chi connectivity index (χ2n) is 3.93. The van der Waals surface area contributed by atoms with E-state index in [1.807, 2.05) is 13.8 Å². The lowest BCUT2D eigenvalue weighted by atomic mass is 10.2. The van der Waals surface area contributed by atoms with Crippen molar-refractivity contribution in [3.8, 4) is 0 Å². The van der Waals surface area contributed by atoms with E-state index in [4.69, 9.17) is 9.15 Å². The van der Waals surface area contributed by atoms with Crippen molar-refractivity contribution in [3.05, 3.63) is 24.2 Å². The number of carbonyl (C=O) groups excluding carboxylic acids is 1. The summed E-state index contributed by atoms with van der Waals surface area (Å²) in [4.78, 5) is 13.8. The molecule has 2 heterocycles. The summed E-state index contributed by atoms with van der Waals surface area (Å²) in [7, 11) is 0. The number of ether oxygens (including phenoxy) is 1. The van der Waals surface area contributed by atoms with Crippen LogP contribution in [0.25, 0.3) is 0 Å². The molecule has 0 bridgehead atoms. The lowest BCUT2D eigenvalue weighted by Crippen LogP contribution is -2.50. The summed E-state index contributed by atoms with van der Waals surface area (Å²) < 4.78 is 10.6. The van der Waals surface area contributed by atoms with Gasteiger partial charge < -0.3 is 14.1 Å². The van der Waals surface area contributed by atoms with Gasteiger partial charge in [-0.2, -0.15) is 0 Å². The Morgan fingerprint density at radius 2 is 2.33 bits per heavy atom. The number of morpholine rings is 1. The van der Waals surface area contributed by atoms with Gasteiger partial charge in [-0.15, -0.1) is 0 Å². The maximum Gasteiger partial charge on any atom is 0.289 e. The van der Waals surface area contributed by atoms with Crippen LogP contribution in [0.4, 0.5) is 0 Å². The van der Waals surface area contributed by atoms with E-state index in [1.165, 1.54) is 6.26 Å². The highest BCUT2D eigenvalue weighted by Crippen LogP contribution is 2.15. The molecular formula is C11H15NO3. The first kappa shape index (κ1) is 10.2. The second-order valence-corrected chi connectivity index (χ2v) is 3.93. The zero-order valence-electron chi connectivity index (χ0n) is 8.97. The average Bonchev–Trinajstić information content (AvgIpc) is 2.74. The summed E-state index contributed by atoms with van der Waals surface area (Å²) in [6.45, 7) is 5.16. The summed E-state index contributed by atoms with van der Waals surface area (Å²) in [5, 5.41) is 0. The van der Waals surface area contributed by atoms with E-state index >= 15 is 0 Å². The summed E-state index contributed by atoms with van der Waals surface area (Å²) in [5.41, 5.74) is 0. The minimum atomic E-state index is -0.0531. The number of carbonyl (C=O) groups is 1. The molecule has 82 valence electrons. The Bertz CT molecular complexity index is 334. The quantitative estimate of drug-likeness (QED) is 0.704. The molecule has 0 saturated carbocycles. The van der Waals surface area contributed by atoms with Gasteiger partial charge in [0.25, 0.3) is 5.91 Å². The molecule has 0 aliphatic carbocycles. The molecule has 0 spiro atoms. The first-order chi connectivity index (χ1) is 7.18. The van der Waals surface area contributed by atoms with Gasteiger partial charge in [0.05, 0.1) is 25.0 Å². The second kappa shape index (κ2) is 4.06. The SMILES string of the molecule is C[C@@H]1CN(C(=O)c2ccco2)[C@@H](C)CO1. The molecule has 4 heteroatoms. The molecule has 0 N–H and O–H groups in total. The minimum Gasteiger partial charge on any atom is -0.459 e. The molecular weight excluding hydrogens is 194 g/mol. The molecule has 2 atom stereocenters. The minimum absolute atomic E-state index is 0.0531. The van der Waals surface area contributed by atoms with Gasteiger partial charge in [0.2, 0.25) is 0 Å². The Morgan fingerprint density at radius 1 is 1.53 bits per heavy atom. The number of furan rings is 1. The molecule has 2 rings (SSSR count). The van der Waals surface area contributed by atoms with Gasteiger partial charge in [-0.25, -0.2) is 0 Å². The van der Waals surface area contributed by atoms with E-state index < -0.39 is 0 Å². The largest absolute Gasteiger partial charge is 0.459 e. The molecule has 1 saturated heterocycles. The summed E-state index contributed by atoms with van der Waals surface area (Å²) in [6.07, 6.45) is 1.61. The van der Waals surface area contributed by atoms with Crippen LogP contribution in [0.2, 0.25) is 0 Å². The lowest BCUT2D eigenvalue weighted by Gasteiger charge is -2.36. The lowest BCUT2D eigenvalue weighted by molar-refractivity contribution is -0.0396. The summed E-state index contributed by atoms with van der Waals surface area (Å²) in [6, 6.07) is 3.52. The van der Waals surface area contributed by atoms with Crippen LogP contribution in [0.3, 0.4) is 0 Å². The molecule has 1 fully saturated rings. The Balaban J connectivity index is 2.12. The van der Waals surface area contributed by atoms with Crippen LogP contribution < -0.4 is 0 Å². The van der Waals surface area contributed by atoms with Crippen molar-refractivity contribution in [3.63, 3.8) is 0 Å². The maximum atomic E-state index is 12.0. The van der Waals surface area contributed by atoms with E-state index in [-0.39, 0.29) is 18.1 Å². The fourth-order valence-electron chi connectivity index (χ4n) is 1.73. The van der Waals surface area contributed by atoms with Crippen LogP contribution >= 0.6 is 0 Å². The van der Waals surface area contributed by atoms with E-state index in [9.17, 15) is 4.79 Å². The van der Waals surface area contributed by atoms with Crippen molar-refractivity contribution < 1.29 is 13.9 Å². The van der Waals surface area contributed by atoms with Gasteiger partial charge in [-0.1, -0.05) is 0 Å². The first-order valence-corrected chi connectivity index (χ1v) is 5.14. The Morgan fingerprint density at radius 3 is 3.00 bits per heavy atom. The normalized spacial score (nSPS) is 26.7. The molecule has 1 aliphatic rings. The van der Waals surface area contributed by atoms with E-state index in [0.29, 0.717) is 18.9 Å². The van der Waals surface area contributed by atoms with E-state index in [1.54, 1.807) is 17.0 Å². The molecule has 0 radical (unpaired) electrons. The highest BCUT2D eigenvalue weighted by molar-refractivity contribution is 5.91. The smallest absolute Gasteiger partial charge is 0.289 e. The summed E-state index contributed by atoms with van der Waals surface area (Å²) in [5.74, 6) is 0.346. The highest BCUT2D eigenvalue weighted by Gasteiger charge is 2.29. The molecule has 1 aromatic rings. The number of hydrogen-bond donors (Lipinski definition) is 0. The molecule has 0 aromatic carbocycles. The van der Waals surface area contributed by atoms with Gasteiger partial charge >= 0.3 is 0 Å². The van der Waals surface area contributed by atoms with E-state index in [2.05, 4.69) is 0 Å². The van der Waals surface area contributed by atoms with E-state index in [0.717, 1.165) is 0 Å². The van der Waals surface area contributed by atoms with Crippen LogP contribution in [-0.2, 0) is 4.74 Å². The third kappa shape index (κ3) is 2.04. The topological polar surface area (TPSA) is 42.7 Å². The zero-order valence-corrected chi connectivity index (χ0v) is 8.97. The van der Waals surface area contributed by atoms with Crippen molar-refractivity contribution in [2.24, 2.45) is 0 Å². The van der Waals surface area contributed by atoms with Crippen molar-refractivity contribution >= 4 is 5.91 Å². The third-order valence-corrected chi connectivity index (χ3v) is 2.60. The van der Waals surface area contributed by atoms with Crippen LogP contribution in [0.15, 0.2) is 22.8 Å².